The predicted molar refractivity (Wildman–Crippen MR) is 122 cm³/mol. The number of hydrogen-bond acceptors (Lipinski definition) is 8. The lowest BCUT2D eigenvalue weighted by atomic mass is 9.90. The van der Waals surface area contributed by atoms with Crippen molar-refractivity contribution in [2.75, 3.05) is 19.8 Å². The molecule has 2 aliphatic heterocycles. The molecule has 182 valence electrons. The molecule has 4 rings (SSSR count). The van der Waals surface area contributed by atoms with Crippen LogP contribution in [0.2, 0.25) is 5.02 Å². The Bertz CT molecular complexity index is 1020. The number of aliphatic hydroxyl groups excluding tert-OH is 2. The molecule has 5 atom stereocenters. The molecule has 0 aromatic heterocycles. The van der Waals surface area contributed by atoms with E-state index in [-0.39, 0.29) is 6.10 Å². The number of ketones is 1. The van der Waals surface area contributed by atoms with Crippen molar-refractivity contribution in [2.45, 2.75) is 50.3 Å². The molecule has 2 heterocycles. The second-order valence-corrected chi connectivity index (χ2v) is 8.83. The van der Waals surface area contributed by atoms with Crippen LogP contribution in [0.1, 0.15) is 36.1 Å². The van der Waals surface area contributed by atoms with Gasteiger partial charge in [0.2, 0.25) is 0 Å². The van der Waals surface area contributed by atoms with Gasteiger partial charge in [-0.25, -0.2) is 0 Å². The third kappa shape index (κ3) is 5.59. The summed E-state index contributed by atoms with van der Waals surface area (Å²) in [5.41, 5.74) is 2.35. The molecule has 0 amide bonds. The molecule has 2 N–H and O–H groups in total. The van der Waals surface area contributed by atoms with Crippen molar-refractivity contribution in [2.24, 2.45) is 0 Å². The minimum absolute atomic E-state index is 0.0719. The number of carbonyl (C=O) groups excluding carboxylic acids is 2. The third-order valence-electron chi connectivity index (χ3n) is 5.90. The minimum Gasteiger partial charge on any atom is -0.488 e. The van der Waals surface area contributed by atoms with Crippen molar-refractivity contribution in [1.82, 2.24) is 0 Å². The fourth-order valence-corrected chi connectivity index (χ4v) is 4.35. The van der Waals surface area contributed by atoms with Crippen molar-refractivity contribution >= 4 is 23.4 Å². The molecule has 0 spiro atoms. The first-order chi connectivity index (χ1) is 16.4. The van der Waals surface area contributed by atoms with Crippen LogP contribution in [0, 0.1) is 0 Å². The molecular weight excluding hydrogens is 464 g/mol. The molecule has 2 aliphatic rings. The summed E-state index contributed by atoms with van der Waals surface area (Å²) in [5, 5.41) is 20.5. The van der Waals surface area contributed by atoms with Crippen LogP contribution in [-0.2, 0) is 30.2 Å². The van der Waals surface area contributed by atoms with E-state index in [4.69, 9.17) is 30.5 Å². The second kappa shape index (κ2) is 10.8. The van der Waals surface area contributed by atoms with E-state index in [2.05, 4.69) is 0 Å². The number of esters is 1. The van der Waals surface area contributed by atoms with E-state index < -0.39 is 42.8 Å². The Labute approximate surface area is 202 Å². The Hall–Kier alpha value is -2.49. The number of ether oxygens (including phenoxy) is 4. The molecule has 2 saturated heterocycles. The summed E-state index contributed by atoms with van der Waals surface area (Å²) < 4.78 is 22.2. The largest absolute Gasteiger partial charge is 0.488 e. The van der Waals surface area contributed by atoms with Crippen LogP contribution in [-0.4, -0.2) is 66.2 Å². The summed E-state index contributed by atoms with van der Waals surface area (Å²) >= 11 is 6.45. The average Bonchev–Trinajstić information content (AvgIpc) is 3.33. The maximum absolute atomic E-state index is 12.3. The van der Waals surface area contributed by atoms with Crippen molar-refractivity contribution in [3.63, 3.8) is 0 Å². The quantitative estimate of drug-likeness (QED) is 0.569. The standard InChI is InChI=1S/C25H27ClO8/c1-14(28)32-25-23(30)22(29)21(12-27)34-24(25)16-4-7-20(26)17(11-16)10-15-2-5-18(6-3-15)33-19-8-9-31-13-19/h2-7,11,19,21,23-25,27,30H,8-10,12-13H2,1H3/t19-,21+,23-,24-,25-/m0/s1. The first-order valence-corrected chi connectivity index (χ1v) is 11.5. The van der Waals surface area contributed by atoms with Gasteiger partial charge in [0.05, 0.1) is 19.8 Å². The number of benzene rings is 2. The summed E-state index contributed by atoms with van der Waals surface area (Å²) in [4.78, 5) is 23.9. The predicted octanol–water partition coefficient (Wildman–Crippen LogP) is 2.39. The van der Waals surface area contributed by atoms with Gasteiger partial charge >= 0.3 is 5.97 Å². The molecule has 0 bridgehead atoms. The van der Waals surface area contributed by atoms with E-state index in [0.29, 0.717) is 30.2 Å². The maximum atomic E-state index is 12.3. The van der Waals surface area contributed by atoms with E-state index in [1.807, 2.05) is 24.3 Å². The summed E-state index contributed by atoms with van der Waals surface area (Å²) in [7, 11) is 0. The molecule has 2 aromatic rings. The Kier molecular flexibility index (Phi) is 7.85. The van der Waals surface area contributed by atoms with E-state index in [9.17, 15) is 19.8 Å². The van der Waals surface area contributed by atoms with Gasteiger partial charge < -0.3 is 29.2 Å². The van der Waals surface area contributed by atoms with Gasteiger partial charge in [-0.15, -0.1) is 0 Å². The Balaban J connectivity index is 1.54. The van der Waals surface area contributed by atoms with Crippen LogP contribution in [0.5, 0.6) is 5.75 Å². The van der Waals surface area contributed by atoms with Crippen LogP contribution < -0.4 is 4.74 Å². The topological polar surface area (TPSA) is 112 Å². The van der Waals surface area contributed by atoms with Gasteiger partial charge in [0.1, 0.15) is 24.1 Å². The average molecular weight is 491 g/mol. The molecule has 2 aromatic carbocycles. The lowest BCUT2D eigenvalue weighted by Crippen LogP contribution is -2.53. The number of Topliss-reactive ketones (excluding diaryl/α,β-unsaturated/α-hetero) is 1. The molecule has 0 unspecified atom stereocenters. The normalized spacial score (nSPS) is 26.9. The molecular formula is C25H27ClO8. The lowest BCUT2D eigenvalue weighted by molar-refractivity contribution is -0.201. The van der Waals surface area contributed by atoms with Crippen molar-refractivity contribution in [3.8, 4) is 5.75 Å². The zero-order valence-corrected chi connectivity index (χ0v) is 19.4. The Morgan fingerprint density at radius 1 is 1.21 bits per heavy atom. The van der Waals surface area contributed by atoms with Crippen molar-refractivity contribution in [1.29, 1.82) is 0 Å². The van der Waals surface area contributed by atoms with Gasteiger partial charge in [-0.1, -0.05) is 35.9 Å². The second-order valence-electron chi connectivity index (χ2n) is 8.42. The first-order valence-electron chi connectivity index (χ1n) is 11.1. The molecule has 8 nitrogen and oxygen atoms in total. The summed E-state index contributed by atoms with van der Waals surface area (Å²) in [6.45, 7) is 1.90. The van der Waals surface area contributed by atoms with Gasteiger partial charge in [0, 0.05) is 18.4 Å². The number of halogens is 1. The van der Waals surface area contributed by atoms with E-state index in [1.54, 1.807) is 18.2 Å². The van der Waals surface area contributed by atoms with Crippen LogP contribution in [0.25, 0.3) is 0 Å². The van der Waals surface area contributed by atoms with Gasteiger partial charge in [-0.05, 0) is 41.3 Å². The van der Waals surface area contributed by atoms with Gasteiger partial charge in [-0.3, -0.25) is 9.59 Å². The van der Waals surface area contributed by atoms with E-state index in [1.165, 1.54) is 6.92 Å². The highest BCUT2D eigenvalue weighted by Gasteiger charge is 2.46. The smallest absolute Gasteiger partial charge is 0.303 e. The van der Waals surface area contributed by atoms with E-state index in [0.717, 1.165) is 23.3 Å². The van der Waals surface area contributed by atoms with Crippen molar-refractivity contribution < 1.29 is 38.7 Å². The van der Waals surface area contributed by atoms with E-state index >= 15 is 0 Å². The highest BCUT2D eigenvalue weighted by Crippen LogP contribution is 2.35. The molecule has 34 heavy (non-hydrogen) atoms. The summed E-state index contributed by atoms with van der Waals surface area (Å²) in [6.07, 6.45) is -3.57. The highest BCUT2D eigenvalue weighted by molar-refractivity contribution is 6.31. The third-order valence-corrected chi connectivity index (χ3v) is 6.27. The van der Waals surface area contributed by atoms with Crippen LogP contribution in [0.15, 0.2) is 42.5 Å². The molecule has 0 radical (unpaired) electrons. The van der Waals surface area contributed by atoms with Crippen molar-refractivity contribution in [3.05, 3.63) is 64.2 Å². The van der Waals surface area contributed by atoms with Gasteiger partial charge in [0.25, 0.3) is 0 Å². The lowest BCUT2D eigenvalue weighted by Gasteiger charge is -2.37. The number of carbonyl (C=O) groups is 2. The zero-order valence-electron chi connectivity index (χ0n) is 18.7. The molecule has 0 aliphatic carbocycles. The monoisotopic (exact) mass is 490 g/mol. The maximum Gasteiger partial charge on any atom is 0.303 e. The number of rotatable bonds is 7. The van der Waals surface area contributed by atoms with Crippen LogP contribution in [0.3, 0.4) is 0 Å². The Morgan fingerprint density at radius 2 is 1.97 bits per heavy atom. The summed E-state index contributed by atoms with van der Waals surface area (Å²) in [5.74, 6) is -0.619. The Morgan fingerprint density at radius 3 is 2.62 bits per heavy atom. The highest BCUT2D eigenvalue weighted by atomic mass is 35.5. The molecule has 2 fully saturated rings. The first kappa shape index (κ1) is 24.6. The van der Waals surface area contributed by atoms with Gasteiger partial charge in [-0.2, -0.15) is 0 Å². The number of aliphatic hydroxyl groups is 2. The minimum atomic E-state index is -1.61. The molecule has 9 heteroatoms. The van der Waals surface area contributed by atoms with Crippen LogP contribution >= 0.6 is 11.6 Å². The van der Waals surface area contributed by atoms with Gasteiger partial charge in [0.15, 0.2) is 18.0 Å². The number of hydrogen-bond donors (Lipinski definition) is 2. The fraction of sp³-hybridized carbons (Fsp3) is 0.440. The SMILES string of the molecule is CC(=O)O[C@H]1[C@@H](O)C(=O)[C@@H](CO)O[C@H]1c1ccc(Cl)c(Cc2ccc(O[C@H]3CCOC3)cc2)c1. The zero-order chi connectivity index (χ0) is 24.2. The fourth-order valence-electron chi connectivity index (χ4n) is 4.17. The molecule has 0 saturated carbocycles. The van der Waals surface area contributed by atoms with Crippen LogP contribution in [0.4, 0.5) is 0 Å². The summed E-state index contributed by atoms with van der Waals surface area (Å²) in [6, 6.07) is 12.9.